The van der Waals surface area contributed by atoms with Gasteiger partial charge in [-0.05, 0) is 41.9 Å². The minimum atomic E-state index is -0.901. The SMILES string of the molecule is CCCCN1C(=O)[C@@H]([C@H](O)C(C)C)NC(=O)C12CCN(Cc1ccc([C@H](O)c3ccccc3)cc1)CC2.Cl. The van der Waals surface area contributed by atoms with Gasteiger partial charge in [-0.15, -0.1) is 12.4 Å². The first-order chi connectivity index (χ1) is 17.8. The molecule has 2 heterocycles. The van der Waals surface area contributed by atoms with Crippen LogP contribution in [0.4, 0.5) is 0 Å². The van der Waals surface area contributed by atoms with Gasteiger partial charge in [-0.2, -0.15) is 0 Å². The van der Waals surface area contributed by atoms with E-state index in [-0.39, 0.29) is 30.1 Å². The number of hydrogen-bond donors (Lipinski definition) is 3. The number of carbonyl (C=O) groups is 2. The van der Waals surface area contributed by atoms with E-state index < -0.39 is 23.8 Å². The zero-order valence-corrected chi connectivity index (χ0v) is 23.5. The van der Waals surface area contributed by atoms with E-state index in [2.05, 4.69) is 17.1 Å². The van der Waals surface area contributed by atoms with E-state index in [1.165, 1.54) is 0 Å². The molecule has 0 saturated carbocycles. The molecule has 2 saturated heterocycles. The van der Waals surface area contributed by atoms with Gasteiger partial charge in [-0.1, -0.05) is 81.8 Å². The largest absolute Gasteiger partial charge is 0.390 e. The van der Waals surface area contributed by atoms with Gasteiger partial charge in [-0.25, -0.2) is 0 Å². The van der Waals surface area contributed by atoms with Crippen LogP contribution < -0.4 is 5.32 Å². The first kappa shape index (κ1) is 30.1. The second-order valence-electron chi connectivity index (χ2n) is 10.9. The zero-order valence-electron chi connectivity index (χ0n) is 22.7. The van der Waals surface area contributed by atoms with Crippen molar-refractivity contribution in [3.05, 3.63) is 71.3 Å². The van der Waals surface area contributed by atoms with Crippen LogP contribution in [-0.2, 0) is 16.1 Å². The lowest BCUT2D eigenvalue weighted by Gasteiger charge is -2.52. The summed E-state index contributed by atoms with van der Waals surface area (Å²) in [5.41, 5.74) is 2.02. The molecule has 0 radical (unpaired) electrons. The Balaban J connectivity index is 0.00000400. The van der Waals surface area contributed by atoms with Crippen molar-refractivity contribution in [3.63, 3.8) is 0 Å². The number of amides is 2. The lowest BCUT2D eigenvalue weighted by atomic mass is 9.80. The van der Waals surface area contributed by atoms with Crippen LogP contribution in [-0.4, -0.2) is 69.1 Å². The fourth-order valence-corrected chi connectivity index (χ4v) is 5.56. The summed E-state index contributed by atoms with van der Waals surface area (Å²) in [4.78, 5) is 31.0. The van der Waals surface area contributed by atoms with Crippen molar-refractivity contribution < 1.29 is 19.8 Å². The lowest BCUT2D eigenvalue weighted by Crippen LogP contribution is -2.74. The minimum Gasteiger partial charge on any atom is -0.390 e. The highest BCUT2D eigenvalue weighted by molar-refractivity contribution is 6.00. The maximum atomic E-state index is 13.5. The van der Waals surface area contributed by atoms with Crippen molar-refractivity contribution in [3.8, 4) is 0 Å². The molecule has 208 valence electrons. The van der Waals surface area contributed by atoms with Gasteiger partial charge < -0.3 is 20.4 Å². The third kappa shape index (κ3) is 6.23. The Morgan fingerprint density at radius 3 is 2.16 bits per heavy atom. The van der Waals surface area contributed by atoms with Gasteiger partial charge in [-0.3, -0.25) is 14.5 Å². The Kier molecular flexibility index (Phi) is 10.4. The number of unbranched alkanes of at least 4 members (excludes halogenated alkanes) is 1. The molecule has 8 heteroatoms. The maximum Gasteiger partial charge on any atom is 0.248 e. The first-order valence-electron chi connectivity index (χ1n) is 13.6. The number of nitrogens with one attached hydrogen (secondary N) is 1. The Morgan fingerprint density at radius 2 is 1.58 bits per heavy atom. The summed E-state index contributed by atoms with van der Waals surface area (Å²) < 4.78 is 0. The van der Waals surface area contributed by atoms with Crippen molar-refractivity contribution in [2.45, 2.75) is 76.8 Å². The monoisotopic (exact) mass is 543 g/mol. The molecular weight excluding hydrogens is 502 g/mol. The molecule has 2 amide bonds. The second-order valence-corrected chi connectivity index (χ2v) is 10.9. The fourth-order valence-electron chi connectivity index (χ4n) is 5.56. The summed E-state index contributed by atoms with van der Waals surface area (Å²) >= 11 is 0. The van der Waals surface area contributed by atoms with Gasteiger partial charge in [0.2, 0.25) is 11.8 Å². The molecule has 1 spiro atoms. The van der Waals surface area contributed by atoms with Crippen molar-refractivity contribution in [2.24, 2.45) is 5.92 Å². The van der Waals surface area contributed by atoms with E-state index in [0.717, 1.165) is 36.1 Å². The van der Waals surface area contributed by atoms with Crippen LogP contribution in [0, 0.1) is 5.92 Å². The number of carbonyl (C=O) groups excluding carboxylic acids is 2. The van der Waals surface area contributed by atoms with E-state index in [9.17, 15) is 19.8 Å². The molecule has 3 N–H and O–H groups in total. The third-order valence-corrected chi connectivity index (χ3v) is 8.02. The fraction of sp³-hybridized carbons (Fsp3) is 0.533. The van der Waals surface area contributed by atoms with Crippen molar-refractivity contribution >= 4 is 24.2 Å². The number of benzene rings is 2. The normalized spacial score (nSPS) is 21.2. The van der Waals surface area contributed by atoms with Crippen molar-refractivity contribution in [2.75, 3.05) is 19.6 Å². The Morgan fingerprint density at radius 1 is 0.974 bits per heavy atom. The standard InChI is InChI=1S/C30H41N3O4.ClH/c1-4-5-17-33-28(36)25(26(34)21(2)3)31-29(37)30(33)15-18-32(19-16-30)20-22-11-13-24(14-12-22)27(35)23-9-7-6-8-10-23;/h6-14,21,25-27,34-35H,4-5,15-20H2,1-3H3,(H,31,37);1H/t25-,26-,27-;/m1./s1. The van der Waals surface area contributed by atoms with Crippen molar-refractivity contribution in [1.29, 1.82) is 0 Å². The van der Waals surface area contributed by atoms with E-state index in [4.69, 9.17) is 0 Å². The van der Waals surface area contributed by atoms with Crippen LogP contribution in [0.1, 0.15) is 69.2 Å². The average molecular weight is 544 g/mol. The number of likely N-dealkylation sites (tertiary alicyclic amines) is 1. The second kappa shape index (κ2) is 13.1. The maximum absolute atomic E-state index is 13.5. The molecule has 2 aliphatic rings. The Labute approximate surface area is 232 Å². The molecule has 0 bridgehead atoms. The summed E-state index contributed by atoms with van der Waals surface area (Å²) in [6.07, 6.45) is 1.35. The zero-order chi connectivity index (χ0) is 26.6. The van der Waals surface area contributed by atoms with Gasteiger partial charge in [0, 0.05) is 26.2 Å². The van der Waals surface area contributed by atoms with E-state index in [0.29, 0.717) is 32.5 Å². The molecule has 0 aromatic heterocycles. The van der Waals surface area contributed by atoms with E-state index >= 15 is 0 Å². The van der Waals surface area contributed by atoms with Gasteiger partial charge >= 0.3 is 0 Å². The predicted molar refractivity (Wildman–Crippen MR) is 151 cm³/mol. The van der Waals surface area contributed by atoms with Gasteiger partial charge in [0.1, 0.15) is 17.7 Å². The number of aliphatic hydroxyl groups excluding tert-OH is 2. The molecule has 0 aliphatic carbocycles. The van der Waals surface area contributed by atoms with Crippen LogP contribution >= 0.6 is 12.4 Å². The summed E-state index contributed by atoms with van der Waals surface area (Å²) in [6, 6.07) is 16.8. The lowest BCUT2D eigenvalue weighted by molar-refractivity contribution is -0.165. The van der Waals surface area contributed by atoms with E-state index in [1.54, 1.807) is 4.90 Å². The third-order valence-electron chi connectivity index (χ3n) is 8.02. The summed E-state index contributed by atoms with van der Waals surface area (Å²) in [6.45, 7) is 8.49. The molecule has 2 aromatic rings. The first-order valence-corrected chi connectivity index (χ1v) is 13.6. The van der Waals surface area contributed by atoms with Crippen LogP contribution in [0.25, 0.3) is 0 Å². The molecule has 2 aliphatic heterocycles. The highest BCUT2D eigenvalue weighted by Gasteiger charge is 2.54. The Bertz CT molecular complexity index is 1050. The van der Waals surface area contributed by atoms with Gasteiger partial charge in [0.05, 0.1) is 6.10 Å². The summed E-state index contributed by atoms with van der Waals surface area (Å²) in [7, 11) is 0. The number of piperazine rings is 1. The minimum absolute atomic E-state index is 0. The molecule has 0 unspecified atom stereocenters. The predicted octanol–water partition coefficient (Wildman–Crippen LogP) is 3.67. The topological polar surface area (TPSA) is 93.1 Å². The molecular formula is C30H42ClN3O4. The molecule has 2 fully saturated rings. The highest BCUT2D eigenvalue weighted by atomic mass is 35.5. The molecule has 7 nitrogen and oxygen atoms in total. The van der Waals surface area contributed by atoms with Crippen molar-refractivity contribution in [1.82, 2.24) is 15.1 Å². The average Bonchev–Trinajstić information content (AvgIpc) is 2.92. The number of rotatable bonds is 9. The highest BCUT2D eigenvalue weighted by Crippen LogP contribution is 2.35. The number of nitrogens with zero attached hydrogens (tertiary/aromatic N) is 2. The van der Waals surface area contributed by atoms with Crippen LogP contribution in [0.5, 0.6) is 0 Å². The van der Waals surface area contributed by atoms with Gasteiger partial charge in [0.25, 0.3) is 0 Å². The van der Waals surface area contributed by atoms with Crippen LogP contribution in [0.3, 0.4) is 0 Å². The smallest absolute Gasteiger partial charge is 0.248 e. The quantitative estimate of drug-likeness (QED) is 0.449. The number of aliphatic hydroxyl groups is 2. The number of hydrogen-bond acceptors (Lipinski definition) is 5. The summed E-state index contributed by atoms with van der Waals surface area (Å²) in [5, 5.41) is 24.2. The summed E-state index contributed by atoms with van der Waals surface area (Å²) in [5.74, 6) is -0.416. The van der Waals surface area contributed by atoms with Gasteiger partial charge in [0.15, 0.2) is 0 Å². The van der Waals surface area contributed by atoms with E-state index in [1.807, 2.05) is 68.4 Å². The van der Waals surface area contributed by atoms with Crippen LogP contribution in [0.15, 0.2) is 54.6 Å². The molecule has 38 heavy (non-hydrogen) atoms. The van der Waals surface area contributed by atoms with Crippen LogP contribution in [0.2, 0.25) is 0 Å². The molecule has 4 rings (SSSR count). The Hall–Kier alpha value is -2.45. The molecule has 3 atom stereocenters. The number of piperidine rings is 1. The molecule has 2 aromatic carbocycles. The number of halogens is 1.